The van der Waals surface area contributed by atoms with Gasteiger partial charge in [0.15, 0.2) is 4.67 Å². The maximum absolute atomic E-state index is 12.7. The molecule has 23 heavy (non-hydrogen) atoms. The number of anilines is 1. The Morgan fingerprint density at radius 3 is 2.70 bits per heavy atom. The maximum Gasteiger partial charge on any atom is 0.244 e. The SMILES string of the molecule is CN(Cc1ccc(Br)o1)C1CCN(c2ccc(C#N)cc2)C1=O. The van der Waals surface area contributed by atoms with Crippen LogP contribution >= 0.6 is 15.9 Å². The molecule has 1 fully saturated rings. The van der Waals surface area contributed by atoms with Gasteiger partial charge in [0.05, 0.1) is 24.2 Å². The molecule has 1 amide bonds. The van der Waals surface area contributed by atoms with E-state index in [1.165, 1.54) is 0 Å². The quantitative estimate of drug-likeness (QED) is 0.825. The van der Waals surface area contributed by atoms with E-state index in [9.17, 15) is 4.79 Å². The van der Waals surface area contributed by atoms with Crippen molar-refractivity contribution >= 4 is 27.5 Å². The number of hydrogen-bond acceptors (Lipinski definition) is 4. The van der Waals surface area contributed by atoms with Crippen LogP contribution in [-0.4, -0.2) is 30.4 Å². The Kier molecular flexibility index (Phi) is 4.51. The van der Waals surface area contributed by atoms with Crippen LogP contribution in [0.1, 0.15) is 17.7 Å². The molecular weight excluding hydrogens is 358 g/mol. The molecule has 1 atom stereocenters. The summed E-state index contributed by atoms with van der Waals surface area (Å²) in [4.78, 5) is 16.5. The molecule has 118 valence electrons. The van der Waals surface area contributed by atoms with Crippen molar-refractivity contribution < 1.29 is 9.21 Å². The van der Waals surface area contributed by atoms with Crippen molar-refractivity contribution in [1.82, 2.24) is 4.90 Å². The van der Waals surface area contributed by atoms with Gasteiger partial charge in [-0.3, -0.25) is 9.69 Å². The number of furan rings is 1. The lowest BCUT2D eigenvalue weighted by molar-refractivity contribution is -0.121. The number of halogens is 1. The Morgan fingerprint density at radius 2 is 2.09 bits per heavy atom. The molecule has 1 aliphatic rings. The molecule has 0 radical (unpaired) electrons. The molecule has 1 saturated heterocycles. The standard InChI is InChI=1S/C17H16BrN3O2/c1-20(11-14-6-7-16(18)23-14)15-8-9-21(17(15)22)13-4-2-12(10-19)3-5-13/h2-7,15H,8-9,11H2,1H3. The lowest BCUT2D eigenvalue weighted by atomic mass is 10.2. The summed E-state index contributed by atoms with van der Waals surface area (Å²) in [5, 5.41) is 8.85. The van der Waals surface area contributed by atoms with Gasteiger partial charge < -0.3 is 9.32 Å². The van der Waals surface area contributed by atoms with E-state index in [-0.39, 0.29) is 11.9 Å². The highest BCUT2D eigenvalue weighted by Gasteiger charge is 2.35. The molecule has 1 unspecified atom stereocenters. The predicted molar refractivity (Wildman–Crippen MR) is 89.8 cm³/mol. The Balaban J connectivity index is 1.69. The van der Waals surface area contributed by atoms with Gasteiger partial charge in [0, 0.05) is 12.2 Å². The first-order chi connectivity index (χ1) is 11.1. The van der Waals surface area contributed by atoms with E-state index in [2.05, 4.69) is 22.0 Å². The van der Waals surface area contributed by atoms with Crippen LogP contribution in [0, 0.1) is 11.3 Å². The lowest BCUT2D eigenvalue weighted by Gasteiger charge is -2.23. The van der Waals surface area contributed by atoms with Gasteiger partial charge in [-0.05, 0) is 65.8 Å². The van der Waals surface area contributed by atoms with E-state index >= 15 is 0 Å². The number of benzene rings is 1. The molecule has 3 rings (SSSR count). The normalized spacial score (nSPS) is 17.7. The van der Waals surface area contributed by atoms with E-state index in [4.69, 9.17) is 9.68 Å². The summed E-state index contributed by atoms with van der Waals surface area (Å²) in [7, 11) is 1.93. The van der Waals surface area contributed by atoms with E-state index in [1.807, 2.05) is 36.2 Å². The Labute approximate surface area is 143 Å². The molecule has 2 heterocycles. The van der Waals surface area contributed by atoms with Crippen molar-refractivity contribution in [2.24, 2.45) is 0 Å². The zero-order valence-corrected chi connectivity index (χ0v) is 14.3. The van der Waals surface area contributed by atoms with Gasteiger partial charge >= 0.3 is 0 Å². The van der Waals surface area contributed by atoms with Gasteiger partial charge in [-0.2, -0.15) is 5.26 Å². The van der Waals surface area contributed by atoms with Crippen LogP contribution in [0.5, 0.6) is 0 Å². The van der Waals surface area contributed by atoms with Crippen LogP contribution in [0.2, 0.25) is 0 Å². The highest BCUT2D eigenvalue weighted by Crippen LogP contribution is 2.25. The highest BCUT2D eigenvalue weighted by atomic mass is 79.9. The molecule has 1 aromatic heterocycles. The molecule has 1 aromatic carbocycles. The van der Waals surface area contributed by atoms with E-state index < -0.39 is 0 Å². The first-order valence-electron chi connectivity index (χ1n) is 7.34. The molecule has 0 spiro atoms. The van der Waals surface area contributed by atoms with Crippen molar-refractivity contribution in [1.29, 1.82) is 5.26 Å². The van der Waals surface area contributed by atoms with Gasteiger partial charge in [0.25, 0.3) is 0 Å². The van der Waals surface area contributed by atoms with Crippen LogP contribution in [0.4, 0.5) is 5.69 Å². The molecule has 0 N–H and O–H groups in total. The zero-order valence-electron chi connectivity index (χ0n) is 12.7. The molecular formula is C17H16BrN3O2. The van der Waals surface area contributed by atoms with Crippen molar-refractivity contribution in [3.63, 3.8) is 0 Å². The summed E-state index contributed by atoms with van der Waals surface area (Å²) < 4.78 is 6.20. The summed E-state index contributed by atoms with van der Waals surface area (Å²) in [6.07, 6.45) is 0.775. The van der Waals surface area contributed by atoms with Gasteiger partial charge in [-0.25, -0.2) is 0 Å². The lowest BCUT2D eigenvalue weighted by Crippen LogP contribution is -2.39. The fourth-order valence-corrected chi connectivity index (χ4v) is 3.18. The monoisotopic (exact) mass is 373 g/mol. The fraction of sp³-hybridized carbons (Fsp3) is 0.294. The third kappa shape index (κ3) is 3.31. The highest BCUT2D eigenvalue weighted by molar-refractivity contribution is 9.10. The summed E-state index contributed by atoms with van der Waals surface area (Å²) in [5.74, 6) is 0.909. The summed E-state index contributed by atoms with van der Waals surface area (Å²) in [5.41, 5.74) is 1.43. The minimum Gasteiger partial charge on any atom is -0.453 e. The van der Waals surface area contributed by atoms with Crippen LogP contribution in [0.25, 0.3) is 0 Å². The first kappa shape index (κ1) is 15.8. The number of carbonyl (C=O) groups excluding carboxylic acids is 1. The number of carbonyl (C=O) groups is 1. The van der Waals surface area contributed by atoms with Crippen LogP contribution in [0.15, 0.2) is 45.5 Å². The predicted octanol–water partition coefficient (Wildman–Crippen LogP) is 3.15. The molecule has 0 aliphatic carbocycles. The van der Waals surface area contributed by atoms with E-state index in [0.717, 1.165) is 17.9 Å². The van der Waals surface area contributed by atoms with Crippen LogP contribution < -0.4 is 4.90 Å². The minimum atomic E-state index is -0.158. The van der Waals surface area contributed by atoms with Gasteiger partial charge in [-0.15, -0.1) is 0 Å². The molecule has 2 aromatic rings. The Hall–Kier alpha value is -2.10. The average molecular weight is 374 g/mol. The van der Waals surface area contributed by atoms with Crippen molar-refractivity contribution in [2.75, 3.05) is 18.5 Å². The maximum atomic E-state index is 12.7. The number of nitriles is 1. The number of hydrogen-bond donors (Lipinski definition) is 0. The second-order valence-electron chi connectivity index (χ2n) is 5.57. The largest absolute Gasteiger partial charge is 0.453 e. The Bertz CT molecular complexity index is 748. The molecule has 5 nitrogen and oxygen atoms in total. The molecule has 0 saturated carbocycles. The first-order valence-corrected chi connectivity index (χ1v) is 8.14. The van der Waals surface area contributed by atoms with Gasteiger partial charge in [0.2, 0.25) is 5.91 Å². The summed E-state index contributed by atoms with van der Waals surface area (Å²) in [6.45, 7) is 1.27. The second kappa shape index (κ2) is 6.57. The second-order valence-corrected chi connectivity index (χ2v) is 6.36. The zero-order chi connectivity index (χ0) is 16.4. The molecule has 1 aliphatic heterocycles. The van der Waals surface area contributed by atoms with Crippen molar-refractivity contribution in [2.45, 2.75) is 19.0 Å². The molecule has 0 bridgehead atoms. The van der Waals surface area contributed by atoms with E-state index in [1.54, 1.807) is 17.0 Å². The summed E-state index contributed by atoms with van der Waals surface area (Å²) in [6, 6.07) is 12.8. The van der Waals surface area contributed by atoms with E-state index in [0.29, 0.717) is 23.3 Å². The smallest absolute Gasteiger partial charge is 0.244 e. The Morgan fingerprint density at radius 1 is 1.35 bits per heavy atom. The summed E-state index contributed by atoms with van der Waals surface area (Å²) >= 11 is 3.29. The minimum absolute atomic E-state index is 0.0860. The number of amides is 1. The fourth-order valence-electron chi connectivity index (χ4n) is 2.84. The van der Waals surface area contributed by atoms with Crippen LogP contribution in [-0.2, 0) is 11.3 Å². The number of nitrogens with zero attached hydrogens (tertiary/aromatic N) is 3. The number of likely N-dealkylation sites (N-methyl/N-ethyl adjacent to an activating group) is 1. The van der Waals surface area contributed by atoms with Gasteiger partial charge in [0.1, 0.15) is 5.76 Å². The average Bonchev–Trinajstić information content (AvgIpc) is 3.13. The van der Waals surface area contributed by atoms with Gasteiger partial charge in [-0.1, -0.05) is 0 Å². The van der Waals surface area contributed by atoms with Crippen molar-refractivity contribution in [3.8, 4) is 6.07 Å². The third-order valence-corrected chi connectivity index (χ3v) is 4.48. The number of rotatable bonds is 4. The third-order valence-electron chi connectivity index (χ3n) is 4.05. The topological polar surface area (TPSA) is 60.5 Å². The van der Waals surface area contributed by atoms with Crippen molar-refractivity contribution in [3.05, 3.63) is 52.4 Å². The molecule has 6 heteroatoms. The van der Waals surface area contributed by atoms with Crippen LogP contribution in [0.3, 0.4) is 0 Å².